The highest BCUT2D eigenvalue weighted by molar-refractivity contribution is 5.34. The highest BCUT2D eigenvalue weighted by atomic mass is 15.1. The van der Waals surface area contributed by atoms with Gasteiger partial charge in [-0.2, -0.15) is 0 Å². The SMILES string of the molecule is NCCNC1C=CN2C=CC=CC2=C1. The Hall–Kier alpha value is -1.32. The number of nitrogens with one attached hydrogen (secondary N) is 1. The summed E-state index contributed by atoms with van der Waals surface area (Å²) in [5.74, 6) is 0. The normalized spacial score (nSPS) is 23.6. The number of nitrogens with two attached hydrogens (primary N) is 1. The van der Waals surface area contributed by atoms with Crippen LogP contribution in [0.3, 0.4) is 0 Å². The minimum Gasteiger partial charge on any atom is -0.329 e. The predicted molar refractivity (Wildman–Crippen MR) is 58.2 cm³/mol. The van der Waals surface area contributed by atoms with Gasteiger partial charge in [0.25, 0.3) is 0 Å². The Kier molecular flexibility index (Phi) is 2.81. The van der Waals surface area contributed by atoms with Crippen molar-refractivity contribution in [2.75, 3.05) is 13.1 Å². The maximum Gasteiger partial charge on any atom is 0.0476 e. The van der Waals surface area contributed by atoms with E-state index in [-0.39, 0.29) is 0 Å². The predicted octanol–water partition coefficient (Wildman–Crippen LogP) is 0.700. The number of hydrogen-bond donors (Lipinski definition) is 2. The fourth-order valence-electron chi connectivity index (χ4n) is 1.55. The molecule has 2 aliphatic rings. The summed E-state index contributed by atoms with van der Waals surface area (Å²) in [7, 11) is 0. The van der Waals surface area contributed by atoms with Crippen molar-refractivity contribution in [1.29, 1.82) is 0 Å². The van der Waals surface area contributed by atoms with Crippen molar-refractivity contribution in [1.82, 2.24) is 10.2 Å². The summed E-state index contributed by atoms with van der Waals surface area (Å²) in [6.07, 6.45) is 14.6. The van der Waals surface area contributed by atoms with Gasteiger partial charge in [0.2, 0.25) is 0 Å². The summed E-state index contributed by atoms with van der Waals surface area (Å²) in [6, 6.07) is 0.306. The molecule has 74 valence electrons. The van der Waals surface area contributed by atoms with E-state index in [2.05, 4.69) is 34.6 Å². The molecule has 0 aliphatic carbocycles. The Labute approximate surface area is 84.3 Å². The molecule has 0 spiro atoms. The van der Waals surface area contributed by atoms with Gasteiger partial charge in [-0.05, 0) is 24.3 Å². The third-order valence-electron chi connectivity index (χ3n) is 2.25. The lowest BCUT2D eigenvalue weighted by molar-refractivity contribution is 0.585. The first-order valence-corrected chi connectivity index (χ1v) is 4.87. The van der Waals surface area contributed by atoms with Crippen LogP contribution in [0.2, 0.25) is 0 Å². The Bertz CT molecular complexity index is 312. The number of rotatable bonds is 3. The van der Waals surface area contributed by atoms with Crippen LogP contribution in [0.4, 0.5) is 0 Å². The molecule has 0 radical (unpaired) electrons. The van der Waals surface area contributed by atoms with Crippen LogP contribution in [0.15, 0.2) is 48.5 Å². The van der Waals surface area contributed by atoms with Crippen LogP contribution in [0, 0.1) is 0 Å². The van der Waals surface area contributed by atoms with Crippen molar-refractivity contribution in [2.24, 2.45) is 5.73 Å². The minimum atomic E-state index is 0.306. The van der Waals surface area contributed by atoms with Gasteiger partial charge in [-0.1, -0.05) is 6.08 Å². The third kappa shape index (κ3) is 1.95. The van der Waals surface area contributed by atoms with Gasteiger partial charge in [-0.25, -0.2) is 0 Å². The zero-order valence-corrected chi connectivity index (χ0v) is 8.06. The first-order chi connectivity index (χ1) is 6.90. The summed E-state index contributed by atoms with van der Waals surface area (Å²) in [5, 5.41) is 3.33. The Morgan fingerprint density at radius 3 is 3.14 bits per heavy atom. The molecule has 3 nitrogen and oxygen atoms in total. The van der Waals surface area contributed by atoms with Crippen LogP contribution in [0.5, 0.6) is 0 Å². The molecule has 3 N–H and O–H groups in total. The highest BCUT2D eigenvalue weighted by Crippen LogP contribution is 2.17. The topological polar surface area (TPSA) is 41.3 Å². The number of nitrogens with zero attached hydrogens (tertiary/aromatic N) is 1. The molecule has 2 rings (SSSR count). The van der Waals surface area contributed by atoms with E-state index in [4.69, 9.17) is 5.73 Å². The lowest BCUT2D eigenvalue weighted by Gasteiger charge is -2.26. The van der Waals surface area contributed by atoms with Crippen LogP contribution < -0.4 is 11.1 Å². The van der Waals surface area contributed by atoms with Gasteiger partial charge in [-0.15, -0.1) is 0 Å². The molecule has 2 heterocycles. The van der Waals surface area contributed by atoms with Crippen molar-refractivity contribution >= 4 is 0 Å². The highest BCUT2D eigenvalue weighted by Gasteiger charge is 2.11. The van der Waals surface area contributed by atoms with Crippen molar-refractivity contribution in [3.8, 4) is 0 Å². The van der Waals surface area contributed by atoms with E-state index >= 15 is 0 Å². The van der Waals surface area contributed by atoms with Crippen LogP contribution in [0.1, 0.15) is 0 Å². The quantitative estimate of drug-likeness (QED) is 0.686. The molecule has 0 aromatic heterocycles. The van der Waals surface area contributed by atoms with Crippen molar-refractivity contribution < 1.29 is 0 Å². The van der Waals surface area contributed by atoms with E-state index in [0.29, 0.717) is 12.6 Å². The van der Waals surface area contributed by atoms with E-state index in [0.717, 1.165) is 6.54 Å². The molecular weight excluding hydrogens is 174 g/mol. The average Bonchev–Trinajstić information content (AvgIpc) is 2.26. The Morgan fingerprint density at radius 2 is 2.29 bits per heavy atom. The molecule has 3 heteroatoms. The molecule has 1 atom stereocenters. The molecule has 0 aromatic carbocycles. The monoisotopic (exact) mass is 189 g/mol. The maximum atomic E-state index is 5.43. The smallest absolute Gasteiger partial charge is 0.0476 e. The van der Waals surface area contributed by atoms with Gasteiger partial charge < -0.3 is 16.0 Å². The molecule has 0 saturated carbocycles. The average molecular weight is 189 g/mol. The zero-order chi connectivity index (χ0) is 9.80. The molecule has 0 aromatic rings. The van der Waals surface area contributed by atoms with Gasteiger partial charge >= 0.3 is 0 Å². The summed E-state index contributed by atoms with van der Waals surface area (Å²) < 4.78 is 0. The number of fused-ring (bicyclic) bond motifs is 1. The van der Waals surface area contributed by atoms with Gasteiger partial charge in [0.05, 0.1) is 0 Å². The summed E-state index contributed by atoms with van der Waals surface area (Å²) >= 11 is 0. The zero-order valence-electron chi connectivity index (χ0n) is 8.06. The fraction of sp³-hybridized carbons (Fsp3) is 0.273. The molecule has 2 aliphatic heterocycles. The van der Waals surface area contributed by atoms with E-state index in [1.807, 2.05) is 18.4 Å². The van der Waals surface area contributed by atoms with Crippen LogP contribution >= 0.6 is 0 Å². The Balaban J connectivity index is 2.02. The van der Waals surface area contributed by atoms with E-state index in [9.17, 15) is 0 Å². The lowest BCUT2D eigenvalue weighted by atomic mass is 10.1. The second-order valence-electron chi connectivity index (χ2n) is 3.31. The summed E-state index contributed by atoms with van der Waals surface area (Å²) in [4.78, 5) is 2.10. The van der Waals surface area contributed by atoms with Gasteiger partial charge in [0.1, 0.15) is 0 Å². The van der Waals surface area contributed by atoms with E-state index in [1.54, 1.807) is 0 Å². The molecule has 14 heavy (non-hydrogen) atoms. The van der Waals surface area contributed by atoms with E-state index < -0.39 is 0 Å². The standard InChI is InChI=1S/C11H15N3/c12-5-6-13-10-4-8-14-7-2-1-3-11(14)9-10/h1-4,7-10,13H,5-6,12H2. The van der Waals surface area contributed by atoms with Crippen LogP contribution in [-0.2, 0) is 0 Å². The molecule has 0 saturated heterocycles. The van der Waals surface area contributed by atoms with Gasteiger partial charge in [-0.3, -0.25) is 0 Å². The van der Waals surface area contributed by atoms with Gasteiger partial charge in [0.15, 0.2) is 0 Å². The molecule has 0 fully saturated rings. The first-order valence-electron chi connectivity index (χ1n) is 4.87. The fourth-order valence-corrected chi connectivity index (χ4v) is 1.55. The maximum absolute atomic E-state index is 5.43. The van der Waals surface area contributed by atoms with Crippen molar-refractivity contribution in [3.63, 3.8) is 0 Å². The van der Waals surface area contributed by atoms with Crippen molar-refractivity contribution in [2.45, 2.75) is 6.04 Å². The first kappa shape index (κ1) is 9.24. The number of hydrogen-bond acceptors (Lipinski definition) is 3. The summed E-state index contributed by atoms with van der Waals surface area (Å²) in [5.41, 5.74) is 6.65. The van der Waals surface area contributed by atoms with Crippen LogP contribution in [-0.4, -0.2) is 24.0 Å². The Morgan fingerprint density at radius 1 is 1.36 bits per heavy atom. The summed E-state index contributed by atoms with van der Waals surface area (Å²) in [6.45, 7) is 1.52. The number of allylic oxidation sites excluding steroid dienone is 3. The molecule has 0 amide bonds. The van der Waals surface area contributed by atoms with E-state index in [1.165, 1.54) is 5.70 Å². The second-order valence-corrected chi connectivity index (χ2v) is 3.31. The van der Waals surface area contributed by atoms with Crippen LogP contribution in [0.25, 0.3) is 0 Å². The third-order valence-corrected chi connectivity index (χ3v) is 2.25. The van der Waals surface area contributed by atoms with Crippen molar-refractivity contribution in [3.05, 3.63) is 48.5 Å². The lowest BCUT2D eigenvalue weighted by Crippen LogP contribution is -2.33. The second kappa shape index (κ2) is 4.26. The molecule has 0 bridgehead atoms. The molecular formula is C11H15N3. The largest absolute Gasteiger partial charge is 0.329 e. The molecule has 1 unspecified atom stereocenters. The minimum absolute atomic E-state index is 0.306. The van der Waals surface area contributed by atoms with Gasteiger partial charge in [0, 0.05) is 37.2 Å².